The van der Waals surface area contributed by atoms with Crippen LogP contribution < -0.4 is 5.32 Å². The Morgan fingerprint density at radius 1 is 1.29 bits per heavy atom. The Hall–Kier alpha value is -0.0000000000000000555. The molecule has 1 N–H and O–H groups in total. The van der Waals surface area contributed by atoms with Gasteiger partial charge in [-0.25, -0.2) is 0 Å². The topological polar surface area (TPSA) is 21.3 Å². The van der Waals surface area contributed by atoms with Crippen LogP contribution in [-0.4, -0.2) is 37.9 Å². The average Bonchev–Trinajstić information content (AvgIpc) is 2.19. The second-order valence-electron chi connectivity index (χ2n) is 4.30. The van der Waals surface area contributed by atoms with Crippen molar-refractivity contribution >= 4 is 11.6 Å². The molecule has 0 radical (unpaired) electrons. The lowest BCUT2D eigenvalue weighted by Crippen LogP contribution is -2.35. The summed E-state index contributed by atoms with van der Waals surface area (Å²) in [6, 6.07) is 0.315. The first-order valence-corrected chi connectivity index (χ1v) is 6.34. The summed E-state index contributed by atoms with van der Waals surface area (Å²) in [6.45, 7) is 3.78. The quantitative estimate of drug-likeness (QED) is 0.515. The van der Waals surface area contributed by atoms with E-state index < -0.39 is 12.8 Å². The van der Waals surface area contributed by atoms with E-state index in [0.717, 1.165) is 6.42 Å². The molecule has 6 heteroatoms. The maximum Gasteiger partial charge on any atom is 0.411 e. The Bertz CT molecular complexity index is 188. The van der Waals surface area contributed by atoms with Gasteiger partial charge in [0.05, 0.1) is 0 Å². The van der Waals surface area contributed by atoms with E-state index in [1.54, 1.807) is 0 Å². The van der Waals surface area contributed by atoms with Gasteiger partial charge in [-0.3, -0.25) is 0 Å². The third-order valence-electron chi connectivity index (χ3n) is 2.36. The van der Waals surface area contributed by atoms with Gasteiger partial charge < -0.3 is 10.1 Å². The lowest BCUT2D eigenvalue weighted by atomic mass is 10.0. The number of alkyl halides is 4. The molecule has 0 saturated carbocycles. The molecule has 0 saturated heterocycles. The van der Waals surface area contributed by atoms with Crippen LogP contribution in [0.15, 0.2) is 0 Å². The maximum absolute atomic E-state index is 11.7. The molecular formula is C11H21ClF3NO. The predicted octanol–water partition coefficient (Wildman–Crippen LogP) is 3.20. The van der Waals surface area contributed by atoms with Gasteiger partial charge >= 0.3 is 6.18 Å². The van der Waals surface area contributed by atoms with Crippen LogP contribution in [0.25, 0.3) is 0 Å². The van der Waals surface area contributed by atoms with Gasteiger partial charge in [-0.2, -0.15) is 13.2 Å². The van der Waals surface area contributed by atoms with Gasteiger partial charge in [0, 0.05) is 18.5 Å². The molecule has 0 bridgehead atoms. The molecule has 0 aliphatic rings. The van der Waals surface area contributed by atoms with Crippen molar-refractivity contribution in [1.82, 2.24) is 5.32 Å². The van der Waals surface area contributed by atoms with Gasteiger partial charge in [-0.15, -0.1) is 11.6 Å². The monoisotopic (exact) mass is 275 g/mol. The van der Waals surface area contributed by atoms with Gasteiger partial charge in [0.1, 0.15) is 6.61 Å². The summed E-state index contributed by atoms with van der Waals surface area (Å²) < 4.78 is 39.7. The van der Waals surface area contributed by atoms with E-state index in [9.17, 15) is 13.2 Å². The fraction of sp³-hybridized carbons (Fsp3) is 1.00. The van der Waals surface area contributed by atoms with E-state index in [2.05, 4.69) is 23.9 Å². The first kappa shape index (κ1) is 17.0. The second kappa shape index (κ2) is 9.00. The molecule has 0 aliphatic carbocycles. The molecule has 2 nitrogen and oxygen atoms in total. The Morgan fingerprint density at radius 2 is 1.94 bits per heavy atom. The number of halogens is 4. The minimum Gasteiger partial charge on any atom is -0.372 e. The van der Waals surface area contributed by atoms with Crippen molar-refractivity contribution in [2.45, 2.75) is 38.9 Å². The van der Waals surface area contributed by atoms with Crippen LogP contribution >= 0.6 is 11.6 Å². The van der Waals surface area contributed by atoms with Crippen molar-refractivity contribution in [3.05, 3.63) is 0 Å². The maximum atomic E-state index is 11.7. The highest BCUT2D eigenvalue weighted by Crippen LogP contribution is 2.14. The van der Waals surface area contributed by atoms with Crippen LogP contribution in [0.3, 0.4) is 0 Å². The number of hydrogen-bond donors (Lipinski definition) is 1. The summed E-state index contributed by atoms with van der Waals surface area (Å²) in [5.74, 6) is 1.05. The number of ether oxygens (including phenoxy) is 1. The summed E-state index contributed by atoms with van der Waals surface area (Å²) in [5.41, 5.74) is 0. The van der Waals surface area contributed by atoms with E-state index in [0.29, 0.717) is 30.8 Å². The van der Waals surface area contributed by atoms with E-state index >= 15 is 0 Å². The largest absolute Gasteiger partial charge is 0.411 e. The first-order valence-electron chi connectivity index (χ1n) is 5.80. The standard InChI is InChI=1S/C11H21ClF3NO/c1-9(2)10(4-5-12)16-6-3-7-17-8-11(13,14)15/h9-10,16H,3-8H2,1-2H3. The lowest BCUT2D eigenvalue weighted by molar-refractivity contribution is -0.173. The minimum atomic E-state index is -4.23. The van der Waals surface area contributed by atoms with Crippen LogP contribution in [-0.2, 0) is 4.74 Å². The van der Waals surface area contributed by atoms with Crippen molar-refractivity contribution in [2.24, 2.45) is 5.92 Å². The lowest BCUT2D eigenvalue weighted by Gasteiger charge is -2.21. The zero-order valence-electron chi connectivity index (χ0n) is 10.3. The summed E-state index contributed by atoms with van der Waals surface area (Å²) >= 11 is 5.66. The van der Waals surface area contributed by atoms with E-state index in [-0.39, 0.29) is 6.61 Å². The third-order valence-corrected chi connectivity index (χ3v) is 2.58. The molecule has 0 heterocycles. The van der Waals surface area contributed by atoms with Crippen LogP contribution in [0.4, 0.5) is 13.2 Å². The second-order valence-corrected chi connectivity index (χ2v) is 4.68. The molecule has 0 fully saturated rings. The Labute approximate surface area is 106 Å². The normalized spacial score (nSPS) is 14.3. The molecule has 1 atom stereocenters. The summed E-state index contributed by atoms with van der Waals surface area (Å²) in [6.07, 6.45) is -2.79. The van der Waals surface area contributed by atoms with Gasteiger partial charge in [-0.05, 0) is 25.3 Å². The fourth-order valence-electron chi connectivity index (χ4n) is 1.44. The molecule has 0 aromatic rings. The van der Waals surface area contributed by atoms with Gasteiger partial charge in [0.15, 0.2) is 0 Å². The molecule has 0 aromatic heterocycles. The van der Waals surface area contributed by atoms with Crippen molar-refractivity contribution < 1.29 is 17.9 Å². The zero-order chi connectivity index (χ0) is 13.3. The number of rotatable bonds is 9. The molecular weight excluding hydrogens is 255 g/mol. The van der Waals surface area contributed by atoms with E-state index in [4.69, 9.17) is 11.6 Å². The summed E-state index contributed by atoms with van der Waals surface area (Å²) in [7, 11) is 0. The Balaban J connectivity index is 3.49. The zero-order valence-corrected chi connectivity index (χ0v) is 11.1. The van der Waals surface area contributed by atoms with Crippen molar-refractivity contribution in [3.8, 4) is 0 Å². The van der Waals surface area contributed by atoms with Crippen LogP contribution in [0.1, 0.15) is 26.7 Å². The van der Waals surface area contributed by atoms with Crippen molar-refractivity contribution in [3.63, 3.8) is 0 Å². The fourth-order valence-corrected chi connectivity index (χ4v) is 1.67. The summed E-state index contributed by atoms with van der Waals surface area (Å²) in [5, 5.41) is 3.27. The van der Waals surface area contributed by atoms with Gasteiger partial charge in [0.25, 0.3) is 0 Å². The highest BCUT2D eigenvalue weighted by Gasteiger charge is 2.27. The highest BCUT2D eigenvalue weighted by atomic mass is 35.5. The smallest absolute Gasteiger partial charge is 0.372 e. The van der Waals surface area contributed by atoms with Crippen LogP contribution in [0.2, 0.25) is 0 Å². The molecule has 0 amide bonds. The van der Waals surface area contributed by atoms with Crippen LogP contribution in [0.5, 0.6) is 0 Å². The van der Waals surface area contributed by atoms with Crippen molar-refractivity contribution in [2.75, 3.05) is 25.6 Å². The van der Waals surface area contributed by atoms with Crippen molar-refractivity contribution in [1.29, 1.82) is 0 Å². The van der Waals surface area contributed by atoms with Crippen LogP contribution in [0, 0.1) is 5.92 Å². The van der Waals surface area contributed by atoms with E-state index in [1.165, 1.54) is 0 Å². The minimum absolute atomic E-state index is 0.123. The molecule has 0 spiro atoms. The SMILES string of the molecule is CC(C)C(CCCl)NCCCOCC(F)(F)F. The molecule has 1 unspecified atom stereocenters. The third kappa shape index (κ3) is 10.9. The number of nitrogens with one attached hydrogen (secondary N) is 1. The molecule has 0 rings (SSSR count). The molecule has 0 aromatic carbocycles. The van der Waals surface area contributed by atoms with Gasteiger partial charge in [0.2, 0.25) is 0 Å². The average molecular weight is 276 g/mol. The highest BCUT2D eigenvalue weighted by molar-refractivity contribution is 6.17. The van der Waals surface area contributed by atoms with Gasteiger partial charge in [-0.1, -0.05) is 13.8 Å². The molecule has 0 aliphatic heterocycles. The van der Waals surface area contributed by atoms with E-state index in [1.807, 2.05) is 0 Å². The Morgan fingerprint density at radius 3 is 2.41 bits per heavy atom. The number of hydrogen-bond acceptors (Lipinski definition) is 2. The predicted molar refractivity (Wildman–Crippen MR) is 63.5 cm³/mol. The Kier molecular flexibility index (Phi) is 9.00. The molecule has 104 valence electrons. The molecule has 17 heavy (non-hydrogen) atoms. The first-order chi connectivity index (χ1) is 7.87. The summed E-state index contributed by atoms with van der Waals surface area (Å²) in [4.78, 5) is 0.